The number of nitrogens with one attached hydrogen (secondary N) is 3. The van der Waals surface area contributed by atoms with Crippen molar-refractivity contribution < 1.29 is 8.42 Å². The highest BCUT2D eigenvalue weighted by atomic mass is 35.5. The van der Waals surface area contributed by atoms with Crippen LogP contribution in [0.15, 0.2) is 47.5 Å². The van der Waals surface area contributed by atoms with Crippen LogP contribution in [0.4, 0.5) is 22.9 Å². The van der Waals surface area contributed by atoms with Gasteiger partial charge >= 0.3 is 10.2 Å². The van der Waals surface area contributed by atoms with Gasteiger partial charge in [0.2, 0.25) is 0 Å². The summed E-state index contributed by atoms with van der Waals surface area (Å²) in [4.78, 5) is 4.83. The van der Waals surface area contributed by atoms with Gasteiger partial charge in [-0.05, 0) is 31.2 Å². The van der Waals surface area contributed by atoms with E-state index < -0.39 is 10.2 Å². The van der Waals surface area contributed by atoms with Gasteiger partial charge in [-0.15, -0.1) is 0 Å². The van der Waals surface area contributed by atoms with Gasteiger partial charge in [0.1, 0.15) is 5.69 Å². The number of benzene rings is 2. The summed E-state index contributed by atoms with van der Waals surface area (Å²) < 4.78 is 28.2. The number of hydrogen-bond donors (Lipinski definition) is 3. The normalized spacial score (nSPS) is 13.2. The molecular weight excluding hydrogens is 412 g/mol. The highest BCUT2D eigenvalue weighted by molar-refractivity contribution is 7.90. The minimum atomic E-state index is -3.65. The number of hydrogen-bond acceptors (Lipinski definition) is 5. The number of aromatic nitrogens is 2. The molecule has 10 heteroatoms. The molecule has 0 fully saturated rings. The zero-order valence-corrected chi connectivity index (χ0v) is 17.6. The maximum Gasteiger partial charge on any atom is 0.301 e. The highest BCUT2D eigenvalue weighted by Crippen LogP contribution is 2.38. The average Bonchev–Trinajstić information content (AvgIpc) is 2.92. The predicted octanol–water partition coefficient (Wildman–Crippen LogP) is 3.82. The lowest BCUT2D eigenvalue weighted by Crippen LogP contribution is -2.29. The summed E-state index contributed by atoms with van der Waals surface area (Å²) in [5.74, 6) is 0.590. The quantitative estimate of drug-likeness (QED) is 0.458. The Balaban J connectivity index is 1.92. The van der Waals surface area contributed by atoms with Gasteiger partial charge in [0, 0.05) is 35.9 Å². The number of H-pyrrole nitrogens is 1. The largest absolute Gasteiger partial charge is 0.336 e. The third-order valence-electron chi connectivity index (χ3n) is 4.52. The smallest absolute Gasteiger partial charge is 0.301 e. The number of aryl methyl sites for hydroxylation is 1. The number of aromatic amines is 1. The van der Waals surface area contributed by atoms with E-state index in [0.29, 0.717) is 33.5 Å². The van der Waals surface area contributed by atoms with Gasteiger partial charge in [0.05, 0.1) is 17.1 Å². The first-order valence-electron chi connectivity index (χ1n) is 8.76. The molecule has 1 aromatic heterocycles. The number of nitrogens with zero attached hydrogens (tertiary/aromatic N) is 3. The van der Waals surface area contributed by atoms with E-state index in [9.17, 15) is 8.42 Å². The summed E-state index contributed by atoms with van der Waals surface area (Å²) in [6, 6.07) is 12.6. The van der Waals surface area contributed by atoms with Crippen molar-refractivity contribution >= 4 is 50.4 Å². The van der Waals surface area contributed by atoms with Crippen LogP contribution in [0.25, 0.3) is 0 Å². The first-order valence-corrected chi connectivity index (χ1v) is 10.6. The van der Waals surface area contributed by atoms with Crippen LogP contribution in [0.5, 0.6) is 0 Å². The molecule has 1 aliphatic heterocycles. The van der Waals surface area contributed by atoms with Crippen molar-refractivity contribution in [1.29, 1.82) is 0 Å². The Hall–Kier alpha value is -2.88. The van der Waals surface area contributed by atoms with E-state index in [1.807, 2.05) is 25.1 Å². The summed E-state index contributed by atoms with van der Waals surface area (Å²) in [5.41, 5.74) is 4.68. The van der Waals surface area contributed by atoms with Crippen LogP contribution in [-0.2, 0) is 10.2 Å². The molecule has 0 radical (unpaired) electrons. The van der Waals surface area contributed by atoms with Crippen molar-refractivity contribution in [2.45, 2.75) is 6.92 Å². The molecule has 0 unspecified atom stereocenters. The molecule has 29 heavy (non-hydrogen) atoms. The third kappa shape index (κ3) is 3.59. The number of fused-ring (bicyclic) bond motifs is 2. The van der Waals surface area contributed by atoms with Gasteiger partial charge in [-0.25, -0.2) is 4.99 Å². The second kappa shape index (κ2) is 7.18. The van der Waals surface area contributed by atoms with Gasteiger partial charge in [-0.2, -0.15) is 17.8 Å². The fourth-order valence-electron chi connectivity index (χ4n) is 2.96. The summed E-state index contributed by atoms with van der Waals surface area (Å²) >= 11 is 6.46. The second-order valence-corrected chi connectivity index (χ2v) is 9.05. The van der Waals surface area contributed by atoms with E-state index in [0.717, 1.165) is 21.2 Å². The first-order chi connectivity index (χ1) is 13.8. The molecule has 0 amide bonds. The molecule has 0 saturated heterocycles. The van der Waals surface area contributed by atoms with Crippen molar-refractivity contribution in [2.75, 3.05) is 24.1 Å². The Labute approximate surface area is 173 Å². The SMILES string of the molecule is Cc1[nH]nc2c1N=C(c1ccccc1Cl)c1cc(NS(=O)(=O)N(C)C)ccc1N2. The van der Waals surface area contributed by atoms with Gasteiger partial charge in [0.15, 0.2) is 5.82 Å². The van der Waals surface area contributed by atoms with Crippen molar-refractivity contribution in [3.63, 3.8) is 0 Å². The number of halogens is 1. The summed E-state index contributed by atoms with van der Waals surface area (Å²) in [7, 11) is -0.719. The van der Waals surface area contributed by atoms with Crippen LogP contribution in [0.1, 0.15) is 16.8 Å². The molecule has 0 aliphatic carbocycles. The minimum absolute atomic E-state index is 0.414. The summed E-state index contributed by atoms with van der Waals surface area (Å²) in [5, 5.41) is 11.0. The van der Waals surface area contributed by atoms with Crippen molar-refractivity contribution in [3.05, 3.63) is 64.3 Å². The first kappa shape index (κ1) is 19.4. The molecular formula is C19H19ClN6O2S. The highest BCUT2D eigenvalue weighted by Gasteiger charge is 2.23. The standard InChI is InChI=1S/C19H19ClN6O2S/c1-11-17-19(24-23-11)21-16-9-8-12(25-29(27,28)26(2)3)10-14(16)18(22-17)13-6-4-5-7-15(13)20/h4-10,25H,1-3H3,(H2,21,23,24). The van der Waals surface area contributed by atoms with E-state index in [2.05, 4.69) is 20.2 Å². The summed E-state index contributed by atoms with van der Waals surface area (Å²) in [6.07, 6.45) is 0. The lowest BCUT2D eigenvalue weighted by molar-refractivity contribution is 0.527. The topological polar surface area (TPSA) is 102 Å². The van der Waals surface area contributed by atoms with E-state index in [4.69, 9.17) is 16.6 Å². The fraction of sp³-hybridized carbons (Fsp3) is 0.158. The molecule has 150 valence electrons. The second-order valence-electron chi connectivity index (χ2n) is 6.76. The number of rotatable bonds is 4. The summed E-state index contributed by atoms with van der Waals surface area (Å²) in [6.45, 7) is 1.88. The van der Waals surface area contributed by atoms with Crippen molar-refractivity contribution in [3.8, 4) is 0 Å². The average molecular weight is 431 g/mol. The van der Waals surface area contributed by atoms with E-state index in [1.54, 1.807) is 24.3 Å². The predicted molar refractivity (Wildman–Crippen MR) is 116 cm³/mol. The molecule has 2 heterocycles. The van der Waals surface area contributed by atoms with Crippen LogP contribution in [-0.4, -0.2) is 42.7 Å². The Morgan fingerprint density at radius 1 is 1.10 bits per heavy atom. The molecule has 3 N–H and O–H groups in total. The molecule has 8 nitrogen and oxygen atoms in total. The Kier molecular flexibility index (Phi) is 4.81. The fourth-order valence-corrected chi connectivity index (χ4v) is 3.79. The third-order valence-corrected chi connectivity index (χ3v) is 6.31. The van der Waals surface area contributed by atoms with Crippen LogP contribution in [0.2, 0.25) is 5.02 Å². The molecule has 1 aliphatic rings. The van der Waals surface area contributed by atoms with Gasteiger partial charge in [0.25, 0.3) is 0 Å². The van der Waals surface area contributed by atoms with Crippen LogP contribution in [0.3, 0.4) is 0 Å². The minimum Gasteiger partial charge on any atom is -0.336 e. The van der Waals surface area contributed by atoms with Gasteiger partial charge < -0.3 is 5.32 Å². The van der Waals surface area contributed by atoms with Crippen molar-refractivity contribution in [1.82, 2.24) is 14.5 Å². The molecule has 0 saturated carbocycles. The van der Waals surface area contributed by atoms with Crippen molar-refractivity contribution in [2.24, 2.45) is 4.99 Å². The lowest BCUT2D eigenvalue weighted by atomic mass is 10.00. The molecule has 0 bridgehead atoms. The maximum absolute atomic E-state index is 12.3. The number of anilines is 3. The van der Waals surface area contributed by atoms with Gasteiger partial charge in [-0.1, -0.05) is 29.8 Å². The van der Waals surface area contributed by atoms with Gasteiger partial charge in [-0.3, -0.25) is 9.82 Å². The Morgan fingerprint density at radius 2 is 1.86 bits per heavy atom. The Morgan fingerprint density at radius 3 is 2.59 bits per heavy atom. The van der Waals surface area contributed by atoms with Crippen LogP contribution in [0, 0.1) is 6.92 Å². The van der Waals surface area contributed by atoms with E-state index >= 15 is 0 Å². The van der Waals surface area contributed by atoms with Crippen LogP contribution < -0.4 is 10.0 Å². The van der Waals surface area contributed by atoms with Crippen LogP contribution >= 0.6 is 11.6 Å². The maximum atomic E-state index is 12.3. The zero-order valence-electron chi connectivity index (χ0n) is 16.0. The van der Waals surface area contributed by atoms with E-state index in [1.165, 1.54) is 14.1 Å². The monoisotopic (exact) mass is 430 g/mol. The molecule has 3 aromatic rings. The molecule has 0 spiro atoms. The van der Waals surface area contributed by atoms with E-state index in [-0.39, 0.29) is 0 Å². The molecule has 4 rings (SSSR count). The zero-order chi connectivity index (χ0) is 20.8. The molecule has 0 atom stereocenters. The molecule has 2 aromatic carbocycles. The Bertz CT molecular complexity index is 1230. The lowest BCUT2D eigenvalue weighted by Gasteiger charge is -2.16. The number of aliphatic imine (C=N–C) groups is 1.